The van der Waals surface area contributed by atoms with Crippen LogP contribution in [0.15, 0.2) is 36.4 Å². The van der Waals surface area contributed by atoms with E-state index in [0.717, 1.165) is 18.4 Å². The van der Waals surface area contributed by atoms with Gasteiger partial charge in [-0.25, -0.2) is 9.59 Å². The number of hydrogen-bond acceptors (Lipinski definition) is 7. The number of rotatable bonds is 7. The first-order chi connectivity index (χ1) is 13.9. The molecule has 0 aliphatic heterocycles. The molecule has 2 aromatic rings. The van der Waals surface area contributed by atoms with Gasteiger partial charge in [0.15, 0.2) is 0 Å². The van der Waals surface area contributed by atoms with Crippen molar-refractivity contribution in [1.29, 1.82) is 0 Å². The standard InChI is InChI=1S/C12H15ClO3.C9H11NO3/c1-15-11-6-5-9(4-3-7-13)8-10(11)12(14)16-2;1-12-8-4-3-6(10)5-7(8)9(11)13-2/h5-6,8H,3-4,7H2,1-2H3;3-5H,10H2,1-2H3. The van der Waals surface area contributed by atoms with Crippen molar-refractivity contribution in [3.05, 3.63) is 53.1 Å². The molecule has 0 unspecified atom stereocenters. The van der Waals surface area contributed by atoms with Gasteiger partial charge in [-0.05, 0) is 48.7 Å². The summed E-state index contributed by atoms with van der Waals surface area (Å²) in [4.78, 5) is 22.7. The van der Waals surface area contributed by atoms with E-state index in [9.17, 15) is 9.59 Å². The van der Waals surface area contributed by atoms with E-state index in [2.05, 4.69) is 4.74 Å². The van der Waals surface area contributed by atoms with Gasteiger partial charge in [0.2, 0.25) is 0 Å². The summed E-state index contributed by atoms with van der Waals surface area (Å²) in [5.41, 5.74) is 7.86. The number of methoxy groups -OCH3 is 4. The summed E-state index contributed by atoms with van der Waals surface area (Å²) in [7, 11) is 5.68. The number of alkyl halides is 1. The number of halogens is 1. The average molecular weight is 424 g/mol. The Hall–Kier alpha value is -2.93. The van der Waals surface area contributed by atoms with Crippen LogP contribution in [0.5, 0.6) is 11.5 Å². The molecule has 158 valence electrons. The van der Waals surface area contributed by atoms with Crippen LogP contribution in [-0.2, 0) is 15.9 Å². The predicted octanol–water partition coefficient (Wildman–Crippen LogP) is 3.72. The van der Waals surface area contributed by atoms with Gasteiger partial charge in [0.1, 0.15) is 22.6 Å². The van der Waals surface area contributed by atoms with Crippen molar-refractivity contribution in [2.45, 2.75) is 12.8 Å². The lowest BCUT2D eigenvalue weighted by molar-refractivity contribution is 0.0588. The molecule has 0 aliphatic rings. The van der Waals surface area contributed by atoms with E-state index < -0.39 is 5.97 Å². The van der Waals surface area contributed by atoms with Gasteiger partial charge in [-0.15, -0.1) is 11.6 Å². The number of esters is 2. The SMILES string of the molecule is COC(=O)c1cc(CCCCl)ccc1OC.COC(=O)c1cc(N)ccc1OC. The van der Waals surface area contributed by atoms with Gasteiger partial charge in [-0.1, -0.05) is 6.07 Å². The molecule has 8 heteroatoms. The van der Waals surface area contributed by atoms with E-state index in [1.807, 2.05) is 6.07 Å². The molecule has 2 rings (SSSR count). The molecular formula is C21H26ClNO6. The summed E-state index contributed by atoms with van der Waals surface area (Å²) in [5.74, 6) is 0.760. The number of ether oxygens (including phenoxy) is 4. The van der Waals surface area contributed by atoms with E-state index in [4.69, 9.17) is 31.5 Å². The number of benzene rings is 2. The fourth-order valence-corrected chi connectivity index (χ4v) is 2.58. The monoisotopic (exact) mass is 423 g/mol. The summed E-state index contributed by atoms with van der Waals surface area (Å²) in [6.45, 7) is 0. The molecule has 0 saturated carbocycles. The molecule has 29 heavy (non-hydrogen) atoms. The van der Waals surface area contributed by atoms with Gasteiger partial charge < -0.3 is 24.7 Å². The van der Waals surface area contributed by atoms with Crippen molar-refractivity contribution >= 4 is 29.2 Å². The third-order valence-corrected chi connectivity index (χ3v) is 4.16. The van der Waals surface area contributed by atoms with Crippen molar-refractivity contribution in [2.75, 3.05) is 40.1 Å². The Labute approximate surface area is 175 Å². The molecule has 0 saturated heterocycles. The van der Waals surface area contributed by atoms with Crippen LogP contribution in [0, 0.1) is 0 Å². The number of carbonyl (C=O) groups is 2. The second-order valence-corrected chi connectivity index (χ2v) is 6.15. The Kier molecular flexibility index (Phi) is 10.4. The highest BCUT2D eigenvalue weighted by molar-refractivity contribution is 6.17. The molecule has 0 heterocycles. The highest BCUT2D eigenvalue weighted by Crippen LogP contribution is 2.22. The minimum Gasteiger partial charge on any atom is -0.496 e. The van der Waals surface area contributed by atoms with Crippen LogP contribution in [-0.4, -0.2) is 46.3 Å². The minimum atomic E-state index is -0.454. The van der Waals surface area contributed by atoms with Gasteiger partial charge in [-0.2, -0.15) is 0 Å². The predicted molar refractivity (Wildman–Crippen MR) is 112 cm³/mol. The number of nitrogen functional groups attached to an aromatic ring is 1. The number of nitrogens with two attached hydrogens (primary N) is 1. The lowest BCUT2D eigenvalue weighted by Crippen LogP contribution is -2.05. The first-order valence-electron chi connectivity index (χ1n) is 8.74. The van der Waals surface area contributed by atoms with E-state index in [0.29, 0.717) is 34.2 Å². The van der Waals surface area contributed by atoms with E-state index in [1.54, 1.807) is 24.3 Å². The molecule has 2 N–H and O–H groups in total. The van der Waals surface area contributed by atoms with Crippen LogP contribution in [0.1, 0.15) is 32.7 Å². The topological polar surface area (TPSA) is 97.1 Å². The molecule has 0 atom stereocenters. The Bertz CT molecular complexity index is 825. The molecule has 0 amide bonds. The molecule has 0 fully saturated rings. The van der Waals surface area contributed by atoms with Crippen molar-refractivity contribution < 1.29 is 28.5 Å². The highest BCUT2D eigenvalue weighted by atomic mass is 35.5. The zero-order chi connectivity index (χ0) is 21.8. The number of hydrogen-bond donors (Lipinski definition) is 1. The zero-order valence-corrected chi connectivity index (χ0v) is 17.7. The van der Waals surface area contributed by atoms with Crippen molar-refractivity contribution in [1.82, 2.24) is 0 Å². The quantitative estimate of drug-likeness (QED) is 0.411. The number of aryl methyl sites for hydroxylation is 1. The van der Waals surface area contributed by atoms with Crippen LogP contribution in [0.3, 0.4) is 0 Å². The molecule has 0 aromatic heterocycles. The second kappa shape index (κ2) is 12.5. The van der Waals surface area contributed by atoms with Crippen LogP contribution in [0.4, 0.5) is 5.69 Å². The average Bonchev–Trinajstić information content (AvgIpc) is 2.76. The molecular weight excluding hydrogens is 398 g/mol. The van der Waals surface area contributed by atoms with Crippen LogP contribution < -0.4 is 15.2 Å². The summed E-state index contributed by atoms with van der Waals surface area (Å²) >= 11 is 5.62. The van der Waals surface area contributed by atoms with Crippen LogP contribution in [0.2, 0.25) is 0 Å². The zero-order valence-electron chi connectivity index (χ0n) is 17.0. The summed E-state index contributed by atoms with van der Waals surface area (Å²) in [6, 6.07) is 10.3. The first-order valence-corrected chi connectivity index (χ1v) is 9.28. The Balaban J connectivity index is 0.000000296. The molecule has 0 spiro atoms. The third-order valence-electron chi connectivity index (χ3n) is 3.90. The third kappa shape index (κ3) is 7.19. The maximum absolute atomic E-state index is 11.5. The molecule has 2 aromatic carbocycles. The van der Waals surface area contributed by atoms with Gasteiger partial charge in [0, 0.05) is 11.6 Å². The minimum absolute atomic E-state index is 0.338. The smallest absolute Gasteiger partial charge is 0.341 e. The summed E-state index contributed by atoms with van der Waals surface area (Å²) < 4.78 is 19.3. The molecule has 0 aliphatic carbocycles. The van der Waals surface area contributed by atoms with E-state index in [1.165, 1.54) is 34.5 Å². The van der Waals surface area contributed by atoms with Gasteiger partial charge >= 0.3 is 11.9 Å². The van der Waals surface area contributed by atoms with E-state index >= 15 is 0 Å². The lowest BCUT2D eigenvalue weighted by Gasteiger charge is -2.08. The summed E-state index contributed by atoms with van der Waals surface area (Å²) in [5, 5.41) is 0. The fourth-order valence-electron chi connectivity index (χ4n) is 2.45. The van der Waals surface area contributed by atoms with Crippen molar-refractivity contribution in [3.8, 4) is 11.5 Å². The number of anilines is 1. The maximum atomic E-state index is 11.5. The molecule has 0 bridgehead atoms. The summed E-state index contributed by atoms with van der Waals surface area (Å²) in [6.07, 6.45) is 1.73. The van der Waals surface area contributed by atoms with Gasteiger partial charge in [0.05, 0.1) is 28.4 Å². The molecule has 0 radical (unpaired) electrons. The fraction of sp³-hybridized carbons (Fsp3) is 0.333. The van der Waals surface area contributed by atoms with Crippen LogP contribution in [0.25, 0.3) is 0 Å². The maximum Gasteiger partial charge on any atom is 0.341 e. The largest absolute Gasteiger partial charge is 0.496 e. The number of carbonyl (C=O) groups excluding carboxylic acids is 2. The van der Waals surface area contributed by atoms with E-state index in [-0.39, 0.29) is 5.97 Å². The second-order valence-electron chi connectivity index (χ2n) is 5.77. The first kappa shape index (κ1) is 24.1. The van der Waals surface area contributed by atoms with Crippen molar-refractivity contribution in [2.24, 2.45) is 0 Å². The Morgan fingerprint density at radius 3 is 1.86 bits per heavy atom. The highest BCUT2D eigenvalue weighted by Gasteiger charge is 2.13. The Morgan fingerprint density at radius 2 is 1.38 bits per heavy atom. The Morgan fingerprint density at radius 1 is 0.862 bits per heavy atom. The van der Waals surface area contributed by atoms with Crippen LogP contribution >= 0.6 is 11.6 Å². The van der Waals surface area contributed by atoms with Gasteiger partial charge in [-0.3, -0.25) is 0 Å². The van der Waals surface area contributed by atoms with Crippen molar-refractivity contribution in [3.63, 3.8) is 0 Å². The lowest BCUT2D eigenvalue weighted by atomic mass is 10.1. The normalized spacial score (nSPS) is 9.69. The van der Waals surface area contributed by atoms with Gasteiger partial charge in [0.25, 0.3) is 0 Å². The molecule has 7 nitrogen and oxygen atoms in total.